The summed E-state index contributed by atoms with van der Waals surface area (Å²) in [6.07, 6.45) is 0.954. The predicted octanol–water partition coefficient (Wildman–Crippen LogP) is 1.68. The van der Waals surface area contributed by atoms with Gasteiger partial charge in [-0.3, -0.25) is 4.90 Å². The molecule has 1 fully saturated rings. The van der Waals surface area contributed by atoms with Crippen molar-refractivity contribution < 1.29 is 15.0 Å². The minimum atomic E-state index is -0.941. The molecule has 1 amide bonds. The molecule has 0 aromatic carbocycles. The molecule has 0 aromatic rings. The van der Waals surface area contributed by atoms with Crippen molar-refractivity contribution in [1.82, 2.24) is 4.90 Å². The van der Waals surface area contributed by atoms with Gasteiger partial charge in [-0.2, -0.15) is 0 Å². The second kappa shape index (κ2) is 3.77. The second-order valence-corrected chi connectivity index (χ2v) is 4.89. The topological polar surface area (TPSA) is 60.8 Å². The van der Waals surface area contributed by atoms with Gasteiger partial charge in [0.15, 0.2) is 0 Å². The summed E-state index contributed by atoms with van der Waals surface area (Å²) in [6.45, 7) is 5.56. The van der Waals surface area contributed by atoms with Crippen molar-refractivity contribution in [2.75, 3.05) is 0 Å². The van der Waals surface area contributed by atoms with Gasteiger partial charge in [0.2, 0.25) is 0 Å². The Bertz CT molecular complexity index is 222. The van der Waals surface area contributed by atoms with E-state index in [0.717, 1.165) is 12.8 Å². The molecule has 0 aliphatic heterocycles. The van der Waals surface area contributed by atoms with Crippen LogP contribution in [0.1, 0.15) is 40.0 Å². The van der Waals surface area contributed by atoms with E-state index >= 15 is 0 Å². The third kappa shape index (κ3) is 2.18. The van der Waals surface area contributed by atoms with Gasteiger partial charge in [-0.15, -0.1) is 0 Å². The Morgan fingerprint density at radius 3 is 2.21 bits per heavy atom. The Kier molecular flexibility index (Phi) is 3.04. The molecular formula is C10H19NO3. The monoisotopic (exact) mass is 201 g/mol. The van der Waals surface area contributed by atoms with Crippen LogP contribution in [-0.4, -0.2) is 38.9 Å². The fourth-order valence-electron chi connectivity index (χ4n) is 2.15. The van der Waals surface area contributed by atoms with E-state index in [9.17, 15) is 9.90 Å². The van der Waals surface area contributed by atoms with Gasteiger partial charge in [0.25, 0.3) is 0 Å². The number of hydrogen-bond acceptors (Lipinski definition) is 2. The maximum Gasteiger partial charge on any atom is 0.408 e. The predicted molar refractivity (Wildman–Crippen MR) is 53.3 cm³/mol. The van der Waals surface area contributed by atoms with Crippen LogP contribution in [0.2, 0.25) is 0 Å². The summed E-state index contributed by atoms with van der Waals surface area (Å²) in [4.78, 5) is 12.5. The SMILES string of the molecule is CC(C)(C)N(C(=O)O)[C@H]1CCC[C@H]1O. The number of aliphatic hydroxyl groups excluding tert-OH is 1. The number of carboxylic acid groups (broad SMARTS) is 1. The third-order valence-corrected chi connectivity index (χ3v) is 2.70. The highest BCUT2D eigenvalue weighted by molar-refractivity contribution is 5.66. The fourth-order valence-corrected chi connectivity index (χ4v) is 2.15. The highest BCUT2D eigenvalue weighted by Crippen LogP contribution is 2.29. The van der Waals surface area contributed by atoms with E-state index in [1.807, 2.05) is 20.8 Å². The van der Waals surface area contributed by atoms with Gasteiger partial charge in [0, 0.05) is 5.54 Å². The van der Waals surface area contributed by atoms with E-state index < -0.39 is 17.7 Å². The van der Waals surface area contributed by atoms with Crippen molar-refractivity contribution in [3.8, 4) is 0 Å². The molecule has 0 bridgehead atoms. The van der Waals surface area contributed by atoms with E-state index in [4.69, 9.17) is 5.11 Å². The zero-order valence-corrected chi connectivity index (χ0v) is 9.03. The van der Waals surface area contributed by atoms with Crippen LogP contribution in [0.4, 0.5) is 4.79 Å². The van der Waals surface area contributed by atoms with Gasteiger partial charge in [-0.1, -0.05) is 0 Å². The van der Waals surface area contributed by atoms with Gasteiger partial charge in [-0.05, 0) is 40.0 Å². The van der Waals surface area contributed by atoms with E-state index in [2.05, 4.69) is 0 Å². The van der Waals surface area contributed by atoms with Crippen molar-refractivity contribution in [3.05, 3.63) is 0 Å². The molecule has 1 aliphatic rings. The quantitative estimate of drug-likeness (QED) is 0.678. The lowest BCUT2D eigenvalue weighted by molar-refractivity contribution is 0.0220. The van der Waals surface area contributed by atoms with Crippen LogP contribution in [-0.2, 0) is 0 Å². The van der Waals surface area contributed by atoms with Crippen LogP contribution in [0, 0.1) is 0 Å². The van der Waals surface area contributed by atoms with E-state index in [1.165, 1.54) is 4.90 Å². The van der Waals surface area contributed by atoms with E-state index in [1.54, 1.807) is 0 Å². The van der Waals surface area contributed by atoms with E-state index in [0.29, 0.717) is 6.42 Å². The van der Waals surface area contributed by atoms with Crippen LogP contribution < -0.4 is 0 Å². The summed E-state index contributed by atoms with van der Waals surface area (Å²) >= 11 is 0. The molecule has 82 valence electrons. The largest absolute Gasteiger partial charge is 0.465 e. The lowest BCUT2D eigenvalue weighted by Crippen LogP contribution is -2.53. The summed E-state index contributed by atoms with van der Waals surface area (Å²) in [5, 5.41) is 18.8. The first-order valence-electron chi connectivity index (χ1n) is 5.04. The first kappa shape index (κ1) is 11.3. The molecule has 2 N–H and O–H groups in total. The Labute approximate surface area is 84.5 Å². The minimum Gasteiger partial charge on any atom is -0.465 e. The number of rotatable bonds is 1. The summed E-state index contributed by atoms with van der Waals surface area (Å²) in [5.74, 6) is 0. The number of carbonyl (C=O) groups is 1. The maximum absolute atomic E-state index is 11.1. The van der Waals surface area contributed by atoms with E-state index in [-0.39, 0.29) is 6.04 Å². The molecule has 2 atom stereocenters. The molecule has 4 nitrogen and oxygen atoms in total. The van der Waals surface area contributed by atoms with Crippen LogP contribution in [0.5, 0.6) is 0 Å². The minimum absolute atomic E-state index is 0.229. The van der Waals surface area contributed by atoms with Crippen LogP contribution >= 0.6 is 0 Å². The summed E-state index contributed by atoms with van der Waals surface area (Å²) in [5.41, 5.74) is -0.443. The van der Waals surface area contributed by atoms with Crippen LogP contribution in [0.3, 0.4) is 0 Å². The normalized spacial score (nSPS) is 27.7. The first-order valence-corrected chi connectivity index (χ1v) is 5.04. The molecule has 14 heavy (non-hydrogen) atoms. The van der Waals surface area contributed by atoms with Crippen molar-refractivity contribution in [1.29, 1.82) is 0 Å². The number of aliphatic hydroxyl groups is 1. The lowest BCUT2D eigenvalue weighted by Gasteiger charge is -2.39. The first-order chi connectivity index (χ1) is 6.34. The summed E-state index contributed by atoms with van der Waals surface area (Å²) in [7, 11) is 0. The Hall–Kier alpha value is -0.770. The van der Waals surface area contributed by atoms with Crippen molar-refractivity contribution in [2.45, 2.75) is 57.7 Å². The van der Waals surface area contributed by atoms with Crippen LogP contribution in [0.15, 0.2) is 0 Å². The summed E-state index contributed by atoms with van der Waals surface area (Å²) in [6, 6.07) is -0.229. The summed E-state index contributed by atoms with van der Waals surface area (Å²) < 4.78 is 0. The van der Waals surface area contributed by atoms with Gasteiger partial charge < -0.3 is 10.2 Å². The lowest BCUT2D eigenvalue weighted by atomic mass is 10.0. The Morgan fingerprint density at radius 1 is 1.36 bits per heavy atom. The van der Waals surface area contributed by atoms with Crippen molar-refractivity contribution in [3.63, 3.8) is 0 Å². The highest BCUT2D eigenvalue weighted by Gasteiger charge is 2.39. The molecule has 4 heteroatoms. The molecule has 0 unspecified atom stereocenters. The van der Waals surface area contributed by atoms with Gasteiger partial charge in [0.05, 0.1) is 12.1 Å². The van der Waals surface area contributed by atoms with Crippen molar-refractivity contribution in [2.24, 2.45) is 0 Å². The maximum atomic E-state index is 11.1. The molecule has 0 heterocycles. The third-order valence-electron chi connectivity index (χ3n) is 2.70. The fraction of sp³-hybridized carbons (Fsp3) is 0.900. The zero-order valence-electron chi connectivity index (χ0n) is 9.03. The molecule has 0 spiro atoms. The second-order valence-electron chi connectivity index (χ2n) is 4.89. The van der Waals surface area contributed by atoms with Crippen molar-refractivity contribution >= 4 is 6.09 Å². The van der Waals surface area contributed by atoms with Gasteiger partial charge in [-0.25, -0.2) is 4.79 Å². The van der Waals surface area contributed by atoms with Crippen LogP contribution in [0.25, 0.3) is 0 Å². The number of hydrogen-bond donors (Lipinski definition) is 2. The number of nitrogens with zero attached hydrogens (tertiary/aromatic N) is 1. The molecule has 0 saturated heterocycles. The Morgan fingerprint density at radius 2 is 1.93 bits per heavy atom. The smallest absolute Gasteiger partial charge is 0.408 e. The Balaban J connectivity index is 2.83. The molecule has 1 saturated carbocycles. The highest BCUT2D eigenvalue weighted by atomic mass is 16.4. The molecule has 1 aliphatic carbocycles. The molecule has 0 radical (unpaired) electrons. The average Bonchev–Trinajstić information content (AvgIpc) is 2.32. The van der Waals surface area contributed by atoms with Gasteiger partial charge >= 0.3 is 6.09 Å². The molecule has 0 aromatic heterocycles. The average molecular weight is 201 g/mol. The van der Waals surface area contributed by atoms with Gasteiger partial charge in [0.1, 0.15) is 0 Å². The standard InChI is InChI=1S/C10H19NO3/c1-10(2,3)11(9(13)14)7-5-4-6-8(7)12/h7-8,12H,4-6H2,1-3H3,(H,13,14)/t7-,8+/m0/s1. The molecular weight excluding hydrogens is 182 g/mol. The molecule has 1 rings (SSSR count). The number of amides is 1. The zero-order chi connectivity index (χ0) is 10.9.